The maximum atomic E-state index is 10.7. The third kappa shape index (κ3) is 1.77. The number of amides is 1. The number of halogens is 1. The number of carbonyl (C=O) groups is 1. The van der Waals surface area contributed by atoms with Crippen molar-refractivity contribution in [3.8, 4) is 0 Å². The van der Waals surface area contributed by atoms with Gasteiger partial charge in [-0.15, -0.1) is 0 Å². The first-order valence-corrected chi connectivity index (χ1v) is 4.46. The lowest BCUT2D eigenvalue weighted by Crippen LogP contribution is -2.20. The molecule has 1 fully saturated rings. The molecule has 1 aliphatic heterocycles. The fourth-order valence-electron chi connectivity index (χ4n) is 1.03. The highest BCUT2D eigenvalue weighted by molar-refractivity contribution is 9.10. The van der Waals surface area contributed by atoms with Gasteiger partial charge in [0.1, 0.15) is 12.6 Å². The van der Waals surface area contributed by atoms with Crippen molar-refractivity contribution >= 4 is 22.0 Å². The van der Waals surface area contributed by atoms with Crippen LogP contribution >= 0.6 is 15.9 Å². The molecule has 1 saturated heterocycles. The van der Waals surface area contributed by atoms with Crippen LogP contribution < -0.4 is 5.32 Å². The zero-order chi connectivity index (χ0) is 9.26. The van der Waals surface area contributed by atoms with Crippen LogP contribution in [0.5, 0.6) is 0 Å². The first-order valence-electron chi connectivity index (χ1n) is 3.66. The number of aromatic nitrogens is 2. The van der Waals surface area contributed by atoms with Crippen LogP contribution in [-0.2, 0) is 4.74 Å². The van der Waals surface area contributed by atoms with Crippen molar-refractivity contribution in [3.05, 3.63) is 22.7 Å². The normalized spacial score (nSPS) is 21.0. The van der Waals surface area contributed by atoms with E-state index < -0.39 is 6.09 Å². The molecule has 0 aromatic carbocycles. The zero-order valence-electron chi connectivity index (χ0n) is 6.53. The predicted octanol–water partition coefficient (Wildman–Crippen LogP) is 1.02. The van der Waals surface area contributed by atoms with Gasteiger partial charge < -0.3 is 10.1 Å². The van der Waals surface area contributed by atoms with Crippen molar-refractivity contribution < 1.29 is 9.53 Å². The predicted molar refractivity (Wildman–Crippen MR) is 47.0 cm³/mol. The molecule has 6 heteroatoms. The Bertz CT molecular complexity index is 327. The van der Waals surface area contributed by atoms with Crippen LogP contribution in [0.2, 0.25) is 0 Å². The van der Waals surface area contributed by atoms with Crippen molar-refractivity contribution in [3.63, 3.8) is 0 Å². The third-order valence-corrected chi connectivity index (χ3v) is 2.03. The third-order valence-electron chi connectivity index (χ3n) is 1.63. The minimum absolute atomic E-state index is 0.222. The Hall–Kier alpha value is -1.17. The number of cyclic esters (lactones) is 1. The van der Waals surface area contributed by atoms with Crippen LogP contribution in [0.15, 0.2) is 16.9 Å². The highest BCUT2D eigenvalue weighted by Gasteiger charge is 2.25. The molecule has 1 amide bonds. The smallest absolute Gasteiger partial charge is 0.407 e. The number of alkyl carbamates (subject to hydrolysis) is 1. The molecule has 1 aliphatic rings. The van der Waals surface area contributed by atoms with Gasteiger partial charge in [-0.2, -0.15) is 0 Å². The molecular formula is C7H6BrN3O2. The average molecular weight is 244 g/mol. The van der Waals surface area contributed by atoms with E-state index in [0.29, 0.717) is 12.4 Å². The maximum Gasteiger partial charge on any atom is 0.407 e. The molecule has 2 rings (SSSR count). The van der Waals surface area contributed by atoms with E-state index in [1.807, 2.05) is 0 Å². The number of ether oxygens (including phenoxy) is 1. The molecular weight excluding hydrogens is 238 g/mol. The number of carbonyl (C=O) groups excluding carboxylic acids is 1. The molecule has 13 heavy (non-hydrogen) atoms. The van der Waals surface area contributed by atoms with Crippen LogP contribution in [0, 0.1) is 0 Å². The molecule has 0 saturated carbocycles. The lowest BCUT2D eigenvalue weighted by atomic mass is 10.3. The summed E-state index contributed by atoms with van der Waals surface area (Å²) in [5, 5.41) is 2.59. The zero-order valence-corrected chi connectivity index (χ0v) is 8.11. The molecule has 5 nitrogen and oxygen atoms in total. The van der Waals surface area contributed by atoms with E-state index >= 15 is 0 Å². The molecule has 2 heterocycles. The second-order valence-corrected chi connectivity index (χ2v) is 3.47. The Morgan fingerprint density at radius 3 is 2.77 bits per heavy atom. The van der Waals surface area contributed by atoms with E-state index in [4.69, 9.17) is 4.74 Å². The molecule has 1 atom stereocenters. The standard InChI is InChI=1S/C7H6BrN3O2/c8-4-1-9-6(10-2-4)5-3-13-7(12)11-5/h1-2,5H,3H2,(H,11,12). The van der Waals surface area contributed by atoms with Gasteiger partial charge in [-0.25, -0.2) is 14.8 Å². The lowest BCUT2D eigenvalue weighted by Gasteiger charge is -2.03. The quantitative estimate of drug-likeness (QED) is 0.800. The first kappa shape index (κ1) is 8.43. The Labute approximate surface area is 82.7 Å². The SMILES string of the molecule is O=C1NC(c2ncc(Br)cn2)CO1. The van der Waals surface area contributed by atoms with Crippen LogP contribution in [0.4, 0.5) is 4.79 Å². The van der Waals surface area contributed by atoms with Crippen molar-refractivity contribution in [2.24, 2.45) is 0 Å². The second-order valence-electron chi connectivity index (χ2n) is 2.55. The van der Waals surface area contributed by atoms with Gasteiger partial charge in [0.15, 0.2) is 5.82 Å². The summed E-state index contributed by atoms with van der Waals surface area (Å²) in [6.45, 7) is 0.292. The van der Waals surface area contributed by atoms with Crippen LogP contribution in [0.1, 0.15) is 11.9 Å². The highest BCUT2D eigenvalue weighted by atomic mass is 79.9. The number of hydrogen-bond acceptors (Lipinski definition) is 4. The largest absolute Gasteiger partial charge is 0.447 e. The van der Waals surface area contributed by atoms with Gasteiger partial charge in [0.05, 0.1) is 4.47 Å². The molecule has 0 aliphatic carbocycles. The average Bonchev–Trinajstić information content (AvgIpc) is 2.53. The molecule has 1 aromatic rings. The minimum atomic E-state index is -0.420. The Kier molecular flexibility index (Phi) is 2.13. The summed E-state index contributed by atoms with van der Waals surface area (Å²) in [6, 6.07) is -0.222. The molecule has 1 N–H and O–H groups in total. The number of rotatable bonds is 1. The number of nitrogens with zero attached hydrogens (tertiary/aromatic N) is 2. The van der Waals surface area contributed by atoms with Crippen LogP contribution in [-0.4, -0.2) is 22.7 Å². The molecule has 1 aromatic heterocycles. The van der Waals surface area contributed by atoms with Crippen LogP contribution in [0.25, 0.3) is 0 Å². The molecule has 0 radical (unpaired) electrons. The first-order chi connectivity index (χ1) is 6.25. The molecule has 0 spiro atoms. The van der Waals surface area contributed by atoms with Crippen molar-refractivity contribution in [2.45, 2.75) is 6.04 Å². The Morgan fingerprint density at radius 1 is 1.54 bits per heavy atom. The van der Waals surface area contributed by atoms with Gasteiger partial charge >= 0.3 is 6.09 Å². The van der Waals surface area contributed by atoms with E-state index in [1.165, 1.54) is 0 Å². The molecule has 68 valence electrons. The van der Waals surface area contributed by atoms with Gasteiger partial charge in [-0.05, 0) is 15.9 Å². The molecule has 0 bridgehead atoms. The number of nitrogens with one attached hydrogen (secondary N) is 1. The van der Waals surface area contributed by atoms with E-state index in [-0.39, 0.29) is 6.04 Å². The fraction of sp³-hybridized carbons (Fsp3) is 0.286. The Morgan fingerprint density at radius 2 is 2.23 bits per heavy atom. The van der Waals surface area contributed by atoms with E-state index in [9.17, 15) is 4.79 Å². The van der Waals surface area contributed by atoms with Gasteiger partial charge in [-0.3, -0.25) is 0 Å². The highest BCUT2D eigenvalue weighted by Crippen LogP contribution is 2.14. The Balaban J connectivity index is 2.17. The summed E-state index contributed by atoms with van der Waals surface area (Å²) in [5.74, 6) is 0.564. The van der Waals surface area contributed by atoms with Gasteiger partial charge in [0.25, 0.3) is 0 Å². The maximum absolute atomic E-state index is 10.7. The lowest BCUT2D eigenvalue weighted by molar-refractivity contribution is 0.176. The van der Waals surface area contributed by atoms with Crippen molar-refractivity contribution in [2.75, 3.05) is 6.61 Å². The summed E-state index contributed by atoms with van der Waals surface area (Å²) in [7, 11) is 0. The van der Waals surface area contributed by atoms with E-state index in [1.54, 1.807) is 12.4 Å². The summed E-state index contributed by atoms with van der Waals surface area (Å²) in [6.07, 6.45) is 2.84. The fourth-order valence-corrected chi connectivity index (χ4v) is 1.23. The summed E-state index contributed by atoms with van der Waals surface area (Å²) < 4.78 is 5.52. The van der Waals surface area contributed by atoms with Crippen molar-refractivity contribution in [1.82, 2.24) is 15.3 Å². The molecule has 1 unspecified atom stereocenters. The van der Waals surface area contributed by atoms with E-state index in [0.717, 1.165) is 4.47 Å². The second kappa shape index (κ2) is 3.29. The summed E-state index contributed by atoms with van der Waals surface area (Å²) in [5.41, 5.74) is 0. The van der Waals surface area contributed by atoms with Gasteiger partial charge in [0, 0.05) is 12.4 Å². The topological polar surface area (TPSA) is 64.1 Å². The van der Waals surface area contributed by atoms with Gasteiger partial charge in [0.2, 0.25) is 0 Å². The van der Waals surface area contributed by atoms with Gasteiger partial charge in [-0.1, -0.05) is 0 Å². The number of hydrogen-bond donors (Lipinski definition) is 1. The monoisotopic (exact) mass is 243 g/mol. The van der Waals surface area contributed by atoms with Crippen LogP contribution in [0.3, 0.4) is 0 Å². The minimum Gasteiger partial charge on any atom is -0.447 e. The summed E-state index contributed by atoms with van der Waals surface area (Å²) in [4.78, 5) is 18.8. The van der Waals surface area contributed by atoms with E-state index in [2.05, 4.69) is 31.2 Å². The van der Waals surface area contributed by atoms with Crippen molar-refractivity contribution in [1.29, 1.82) is 0 Å². The summed E-state index contributed by atoms with van der Waals surface area (Å²) >= 11 is 3.22.